The molecule has 1 unspecified atom stereocenters. The molecule has 0 saturated heterocycles. The number of benzene rings is 1. The maximum atomic E-state index is 14.8. The van der Waals surface area contributed by atoms with Crippen LogP contribution in [0.4, 0.5) is 8.78 Å². The van der Waals surface area contributed by atoms with Crippen LogP contribution in [-0.2, 0) is 7.05 Å². The molecule has 4 aromatic rings. The summed E-state index contributed by atoms with van der Waals surface area (Å²) in [5.74, 6) is 3.58. The molecule has 0 bridgehead atoms. The molecule has 3 heterocycles. The monoisotopic (exact) mass is 472 g/mol. The predicted molar refractivity (Wildman–Crippen MR) is 128 cm³/mol. The molecule has 1 fully saturated rings. The van der Waals surface area contributed by atoms with Crippen LogP contribution in [0.1, 0.15) is 63.8 Å². The number of aromatic amines is 1. The highest BCUT2D eigenvalue weighted by atomic mass is 19.1. The number of nitrogens with one attached hydrogen (secondary N) is 1. The lowest BCUT2D eigenvalue weighted by Gasteiger charge is -2.18. The number of carbonyl (C=O) groups is 1. The summed E-state index contributed by atoms with van der Waals surface area (Å²) < 4.78 is 30.5. The van der Waals surface area contributed by atoms with Gasteiger partial charge < -0.3 is 15.3 Å². The molecule has 6 nitrogen and oxygen atoms in total. The number of aromatic nitrogens is 3. The number of amides is 1. The summed E-state index contributed by atoms with van der Waals surface area (Å²) in [6.07, 6.45) is 5.10. The SMILES string of the molecule is Cn1c(C2CC2)ccc(C(CC#Cc2c(C(N)=O)cnc3[nH]ccc23)c2cc(F)ccc2F)c1=O. The molecular weight excluding hydrogens is 450 g/mol. The quantitative estimate of drug-likeness (QED) is 0.429. The van der Waals surface area contributed by atoms with Crippen LogP contribution in [0.3, 0.4) is 0 Å². The number of halogens is 2. The lowest BCUT2D eigenvalue weighted by atomic mass is 9.88. The van der Waals surface area contributed by atoms with Gasteiger partial charge in [0.05, 0.1) is 5.56 Å². The largest absolute Gasteiger partial charge is 0.366 e. The molecule has 1 atom stereocenters. The molecule has 176 valence electrons. The molecule has 1 aliphatic rings. The van der Waals surface area contributed by atoms with Gasteiger partial charge in [-0.1, -0.05) is 17.9 Å². The number of nitrogens with two attached hydrogens (primary N) is 1. The van der Waals surface area contributed by atoms with Gasteiger partial charge in [0.1, 0.15) is 17.3 Å². The second-order valence-corrected chi connectivity index (χ2v) is 8.73. The summed E-state index contributed by atoms with van der Waals surface area (Å²) in [5, 5.41) is 0.618. The van der Waals surface area contributed by atoms with Crippen molar-refractivity contribution in [3.63, 3.8) is 0 Å². The molecule has 1 aromatic carbocycles. The number of hydrogen-bond acceptors (Lipinski definition) is 3. The number of primary amides is 1. The lowest BCUT2D eigenvalue weighted by Crippen LogP contribution is -2.26. The fourth-order valence-corrected chi connectivity index (χ4v) is 4.46. The Balaban J connectivity index is 1.61. The van der Waals surface area contributed by atoms with Gasteiger partial charge in [-0.15, -0.1) is 0 Å². The standard InChI is InChI=1S/C27H22F2N4O2/c1-33-24(15-5-6-15)10-8-20(27(33)35)18(21-13-16(28)7-9-23(21)29)4-2-3-17-19-11-12-31-26(19)32-14-22(17)25(30)34/h7-15,18H,4-6H2,1H3,(H2,30,34)(H,31,32). The number of nitrogens with zero attached hydrogens (tertiary/aromatic N) is 2. The molecule has 8 heteroatoms. The molecule has 0 aliphatic heterocycles. The number of pyridine rings is 2. The van der Waals surface area contributed by atoms with E-state index in [9.17, 15) is 18.4 Å². The van der Waals surface area contributed by atoms with E-state index in [2.05, 4.69) is 21.8 Å². The van der Waals surface area contributed by atoms with E-state index in [1.165, 1.54) is 6.20 Å². The zero-order valence-electron chi connectivity index (χ0n) is 18.9. The van der Waals surface area contributed by atoms with Crippen LogP contribution in [0.25, 0.3) is 11.0 Å². The zero-order chi connectivity index (χ0) is 24.7. The van der Waals surface area contributed by atoms with Crippen molar-refractivity contribution in [3.8, 4) is 11.8 Å². The van der Waals surface area contributed by atoms with Crippen LogP contribution in [-0.4, -0.2) is 20.4 Å². The van der Waals surface area contributed by atoms with Crippen molar-refractivity contribution in [2.75, 3.05) is 0 Å². The Morgan fingerprint density at radius 2 is 2.03 bits per heavy atom. The van der Waals surface area contributed by atoms with E-state index in [0.717, 1.165) is 36.7 Å². The van der Waals surface area contributed by atoms with E-state index < -0.39 is 23.5 Å². The number of carbonyl (C=O) groups excluding carboxylic acids is 1. The maximum absolute atomic E-state index is 14.8. The first-order chi connectivity index (χ1) is 16.8. The summed E-state index contributed by atoms with van der Waals surface area (Å²) in [7, 11) is 1.70. The van der Waals surface area contributed by atoms with Gasteiger partial charge in [-0.05, 0) is 54.7 Å². The molecule has 0 radical (unpaired) electrons. The Kier molecular flexibility index (Phi) is 5.69. The summed E-state index contributed by atoms with van der Waals surface area (Å²) in [6, 6.07) is 8.48. The van der Waals surface area contributed by atoms with E-state index >= 15 is 0 Å². The van der Waals surface area contributed by atoms with Crippen molar-refractivity contribution >= 4 is 16.9 Å². The van der Waals surface area contributed by atoms with Crippen LogP contribution >= 0.6 is 0 Å². The van der Waals surface area contributed by atoms with Gasteiger partial charge in [-0.2, -0.15) is 0 Å². The second-order valence-electron chi connectivity index (χ2n) is 8.73. The molecule has 1 amide bonds. The van der Waals surface area contributed by atoms with Crippen molar-refractivity contribution in [3.05, 3.63) is 98.7 Å². The molecule has 1 aliphatic carbocycles. The zero-order valence-corrected chi connectivity index (χ0v) is 18.9. The van der Waals surface area contributed by atoms with Crippen LogP contribution in [0.15, 0.2) is 53.6 Å². The summed E-state index contributed by atoms with van der Waals surface area (Å²) in [4.78, 5) is 32.4. The van der Waals surface area contributed by atoms with Gasteiger partial charge in [0, 0.05) is 54.0 Å². The summed E-state index contributed by atoms with van der Waals surface area (Å²) >= 11 is 0. The van der Waals surface area contributed by atoms with Crippen LogP contribution in [0.5, 0.6) is 0 Å². The number of hydrogen-bond donors (Lipinski definition) is 2. The number of fused-ring (bicyclic) bond motifs is 1. The fourth-order valence-electron chi connectivity index (χ4n) is 4.46. The van der Waals surface area contributed by atoms with Gasteiger partial charge >= 0.3 is 0 Å². The molecule has 5 rings (SSSR count). The van der Waals surface area contributed by atoms with Gasteiger partial charge in [0.25, 0.3) is 11.5 Å². The van der Waals surface area contributed by atoms with Gasteiger partial charge in [-0.3, -0.25) is 9.59 Å². The van der Waals surface area contributed by atoms with Gasteiger partial charge in [0.2, 0.25) is 0 Å². The van der Waals surface area contributed by atoms with E-state index in [1.54, 1.807) is 29.9 Å². The van der Waals surface area contributed by atoms with Crippen molar-refractivity contribution in [1.29, 1.82) is 0 Å². The Morgan fingerprint density at radius 1 is 1.23 bits per heavy atom. The highest BCUT2D eigenvalue weighted by molar-refractivity contribution is 6.00. The number of rotatable bonds is 5. The number of H-pyrrole nitrogens is 1. The van der Waals surface area contributed by atoms with E-state index in [4.69, 9.17) is 5.73 Å². The lowest BCUT2D eigenvalue weighted by molar-refractivity contribution is 0.1000. The average molecular weight is 472 g/mol. The van der Waals surface area contributed by atoms with E-state index in [1.807, 2.05) is 6.07 Å². The fraction of sp³-hybridized carbons (Fsp3) is 0.222. The Hall–Kier alpha value is -4.25. The summed E-state index contributed by atoms with van der Waals surface area (Å²) in [6.45, 7) is 0. The molecule has 35 heavy (non-hydrogen) atoms. The van der Waals surface area contributed by atoms with Gasteiger partial charge in [-0.25, -0.2) is 13.8 Å². The first kappa shape index (κ1) is 22.5. The molecule has 3 N–H and O–H groups in total. The first-order valence-electron chi connectivity index (χ1n) is 11.2. The minimum Gasteiger partial charge on any atom is -0.366 e. The third kappa shape index (κ3) is 4.21. The minimum absolute atomic E-state index is 0.0187. The van der Waals surface area contributed by atoms with Crippen molar-refractivity contribution < 1.29 is 13.6 Å². The molecular formula is C27H22F2N4O2. The van der Waals surface area contributed by atoms with Crippen LogP contribution in [0.2, 0.25) is 0 Å². The third-order valence-corrected chi connectivity index (χ3v) is 6.45. The predicted octanol–water partition coefficient (Wildman–Crippen LogP) is 4.09. The Bertz CT molecular complexity index is 1590. The Morgan fingerprint density at radius 3 is 2.77 bits per heavy atom. The third-order valence-electron chi connectivity index (χ3n) is 6.45. The normalized spacial score (nSPS) is 13.9. The van der Waals surface area contributed by atoms with E-state index in [0.29, 0.717) is 28.1 Å². The van der Waals surface area contributed by atoms with Crippen molar-refractivity contribution in [2.45, 2.75) is 31.1 Å². The highest BCUT2D eigenvalue weighted by Crippen LogP contribution is 2.39. The van der Waals surface area contributed by atoms with Crippen LogP contribution in [0, 0.1) is 23.5 Å². The summed E-state index contributed by atoms with van der Waals surface area (Å²) in [5.41, 5.74) is 7.64. The average Bonchev–Trinajstić information content (AvgIpc) is 3.56. The second kappa shape index (κ2) is 8.84. The molecule has 1 saturated carbocycles. The van der Waals surface area contributed by atoms with Crippen molar-refractivity contribution in [2.24, 2.45) is 12.8 Å². The molecule has 0 spiro atoms. The highest BCUT2D eigenvalue weighted by Gasteiger charge is 2.28. The van der Waals surface area contributed by atoms with Crippen molar-refractivity contribution in [1.82, 2.24) is 14.5 Å². The first-order valence-corrected chi connectivity index (χ1v) is 11.2. The van der Waals surface area contributed by atoms with Gasteiger partial charge in [0.15, 0.2) is 0 Å². The van der Waals surface area contributed by atoms with Crippen LogP contribution < -0.4 is 11.3 Å². The minimum atomic E-state index is -0.814. The van der Waals surface area contributed by atoms with E-state index in [-0.39, 0.29) is 23.1 Å². The topological polar surface area (TPSA) is 93.8 Å². The molecule has 3 aromatic heterocycles. The Labute approximate surface area is 199 Å². The maximum Gasteiger partial charge on any atom is 0.254 e. The smallest absolute Gasteiger partial charge is 0.254 e.